The largest absolute Gasteiger partial charge is 0.392 e. The molecule has 96 valence electrons. The number of thiocarbonyl (C=S) groups is 1. The molecule has 8 heteroatoms. The highest BCUT2D eigenvalue weighted by Gasteiger charge is 2.35. The molecule has 17 heavy (non-hydrogen) atoms. The third-order valence-electron chi connectivity index (χ3n) is 2.13. The molecule has 0 aromatic rings. The zero-order valence-electron chi connectivity index (χ0n) is 9.73. The molecular formula is C9H16N4O3S. The van der Waals surface area contributed by atoms with Crippen LogP contribution in [0.2, 0.25) is 0 Å². The molecule has 0 saturated heterocycles. The number of rotatable bonds is 6. The van der Waals surface area contributed by atoms with Crippen LogP contribution in [0.25, 0.3) is 0 Å². The number of nitrogens with zero attached hydrogens (tertiary/aromatic N) is 1. The number of amides is 3. The number of carbonyl (C=O) groups is 3. The number of nitrogens with two attached hydrogens (primary N) is 3. The Bertz CT molecular complexity index is 351. The van der Waals surface area contributed by atoms with Crippen LogP contribution in [0.15, 0.2) is 0 Å². The second-order valence-electron chi connectivity index (χ2n) is 4.08. The van der Waals surface area contributed by atoms with Gasteiger partial charge in [-0.15, -0.1) is 0 Å². The highest BCUT2D eigenvalue weighted by atomic mass is 32.1. The second-order valence-corrected chi connectivity index (χ2v) is 4.52. The summed E-state index contributed by atoms with van der Waals surface area (Å²) in [7, 11) is 0. The summed E-state index contributed by atoms with van der Waals surface area (Å²) < 4.78 is 0. The summed E-state index contributed by atoms with van der Waals surface area (Å²) in [6, 6.07) is 0. The van der Waals surface area contributed by atoms with E-state index < -0.39 is 36.2 Å². The molecule has 0 aliphatic heterocycles. The fraction of sp³-hybridized carbons (Fsp3) is 0.556. The SMILES string of the molecule is CC(C)(C(=O)N(CC(N)=O)CC(N)=O)C(N)=S. The van der Waals surface area contributed by atoms with Crippen LogP contribution in [-0.4, -0.2) is 40.7 Å². The number of hydrogen-bond acceptors (Lipinski definition) is 4. The van der Waals surface area contributed by atoms with Crippen molar-refractivity contribution in [1.29, 1.82) is 0 Å². The summed E-state index contributed by atoms with van der Waals surface area (Å²) in [5.74, 6) is -2.07. The highest BCUT2D eigenvalue weighted by molar-refractivity contribution is 7.80. The maximum atomic E-state index is 12.0. The van der Waals surface area contributed by atoms with Crippen molar-refractivity contribution < 1.29 is 14.4 Å². The van der Waals surface area contributed by atoms with Crippen LogP contribution in [0.5, 0.6) is 0 Å². The summed E-state index contributed by atoms with van der Waals surface area (Å²) in [5, 5.41) is 0. The summed E-state index contributed by atoms with van der Waals surface area (Å²) in [5.41, 5.74) is 14.2. The maximum absolute atomic E-state index is 12.0. The first kappa shape index (κ1) is 15.3. The summed E-state index contributed by atoms with van der Waals surface area (Å²) in [6.45, 7) is 2.17. The van der Waals surface area contributed by atoms with Crippen molar-refractivity contribution >= 4 is 34.9 Å². The van der Waals surface area contributed by atoms with Gasteiger partial charge in [-0.25, -0.2) is 0 Å². The maximum Gasteiger partial charge on any atom is 0.237 e. The Morgan fingerprint density at radius 3 is 1.65 bits per heavy atom. The lowest BCUT2D eigenvalue weighted by atomic mass is 9.91. The van der Waals surface area contributed by atoms with Crippen molar-refractivity contribution in [1.82, 2.24) is 4.90 Å². The van der Waals surface area contributed by atoms with Crippen LogP contribution in [0.4, 0.5) is 0 Å². The molecule has 0 rings (SSSR count). The molecule has 0 saturated carbocycles. The van der Waals surface area contributed by atoms with Crippen molar-refractivity contribution in [2.45, 2.75) is 13.8 Å². The number of carbonyl (C=O) groups excluding carboxylic acids is 3. The van der Waals surface area contributed by atoms with Crippen LogP contribution < -0.4 is 17.2 Å². The highest BCUT2D eigenvalue weighted by Crippen LogP contribution is 2.19. The normalized spacial score (nSPS) is 10.7. The van der Waals surface area contributed by atoms with Crippen molar-refractivity contribution in [2.75, 3.05) is 13.1 Å². The molecule has 0 radical (unpaired) electrons. The number of hydrogen-bond donors (Lipinski definition) is 3. The molecule has 7 nitrogen and oxygen atoms in total. The van der Waals surface area contributed by atoms with E-state index in [0.717, 1.165) is 4.90 Å². The van der Waals surface area contributed by atoms with Gasteiger partial charge in [-0.3, -0.25) is 14.4 Å². The fourth-order valence-corrected chi connectivity index (χ4v) is 1.16. The Balaban J connectivity index is 5.04. The van der Waals surface area contributed by atoms with Gasteiger partial charge in [0.1, 0.15) is 0 Å². The van der Waals surface area contributed by atoms with Crippen LogP contribution in [0.1, 0.15) is 13.8 Å². The summed E-state index contributed by atoms with van der Waals surface area (Å²) in [4.78, 5) is 34.5. The molecule has 0 bridgehead atoms. The molecule has 0 aromatic carbocycles. The lowest BCUT2D eigenvalue weighted by Gasteiger charge is -2.29. The Morgan fingerprint density at radius 2 is 1.41 bits per heavy atom. The molecule has 0 atom stereocenters. The van der Waals surface area contributed by atoms with Crippen molar-refractivity contribution in [3.05, 3.63) is 0 Å². The standard InChI is InChI=1S/C9H16N4O3S/c1-9(2,7(12)17)8(16)13(3-5(10)14)4-6(11)15/h3-4H2,1-2H3,(H2,10,14)(H2,11,15)(H2,12,17). The monoisotopic (exact) mass is 260 g/mol. The van der Waals surface area contributed by atoms with Gasteiger partial charge < -0.3 is 22.1 Å². The zero-order valence-corrected chi connectivity index (χ0v) is 10.5. The van der Waals surface area contributed by atoms with E-state index in [-0.39, 0.29) is 4.99 Å². The average Bonchev–Trinajstić information content (AvgIpc) is 2.13. The van der Waals surface area contributed by atoms with Gasteiger partial charge in [0.2, 0.25) is 17.7 Å². The third kappa shape index (κ3) is 4.35. The van der Waals surface area contributed by atoms with E-state index in [1.165, 1.54) is 13.8 Å². The first-order valence-electron chi connectivity index (χ1n) is 4.75. The predicted molar refractivity (Wildman–Crippen MR) is 65.5 cm³/mol. The minimum Gasteiger partial charge on any atom is -0.392 e. The third-order valence-corrected chi connectivity index (χ3v) is 2.64. The van der Waals surface area contributed by atoms with Gasteiger partial charge in [0.25, 0.3) is 0 Å². The van der Waals surface area contributed by atoms with Crippen LogP contribution in [0.3, 0.4) is 0 Å². The van der Waals surface area contributed by atoms with E-state index >= 15 is 0 Å². The van der Waals surface area contributed by atoms with Gasteiger partial charge in [0, 0.05) is 0 Å². The smallest absolute Gasteiger partial charge is 0.237 e. The van der Waals surface area contributed by atoms with Crippen molar-refractivity contribution in [2.24, 2.45) is 22.6 Å². The van der Waals surface area contributed by atoms with Gasteiger partial charge in [0.15, 0.2) is 0 Å². The van der Waals surface area contributed by atoms with Gasteiger partial charge in [0.05, 0.1) is 23.5 Å². The molecule has 3 amide bonds. The van der Waals surface area contributed by atoms with E-state index in [4.69, 9.17) is 29.4 Å². The van der Waals surface area contributed by atoms with Gasteiger partial charge >= 0.3 is 0 Å². The molecule has 0 unspecified atom stereocenters. The Hall–Kier alpha value is -1.70. The van der Waals surface area contributed by atoms with E-state index in [1.807, 2.05) is 0 Å². The molecule has 0 spiro atoms. The lowest BCUT2D eigenvalue weighted by molar-refractivity contribution is -0.142. The van der Waals surface area contributed by atoms with E-state index in [2.05, 4.69) is 0 Å². The summed E-state index contributed by atoms with van der Waals surface area (Å²) >= 11 is 4.75. The minimum absolute atomic E-state index is 0.0403. The van der Waals surface area contributed by atoms with Crippen molar-refractivity contribution in [3.8, 4) is 0 Å². The molecule has 0 fully saturated rings. The first-order valence-corrected chi connectivity index (χ1v) is 5.15. The molecule has 6 N–H and O–H groups in total. The predicted octanol–water partition coefficient (Wildman–Crippen LogP) is -1.90. The number of primary amides is 2. The zero-order chi connectivity index (χ0) is 13.8. The van der Waals surface area contributed by atoms with Crippen LogP contribution in [0, 0.1) is 5.41 Å². The van der Waals surface area contributed by atoms with Gasteiger partial charge in [-0.2, -0.15) is 0 Å². The Kier molecular flexibility index (Phi) is 5.02. The summed E-state index contributed by atoms with van der Waals surface area (Å²) in [6.07, 6.45) is 0. The molecular weight excluding hydrogens is 244 g/mol. The Labute approximate surface area is 104 Å². The molecule has 0 aliphatic carbocycles. The van der Waals surface area contributed by atoms with Crippen LogP contribution in [-0.2, 0) is 14.4 Å². The topological polar surface area (TPSA) is 133 Å². The van der Waals surface area contributed by atoms with Crippen LogP contribution >= 0.6 is 12.2 Å². The van der Waals surface area contributed by atoms with Gasteiger partial charge in [-0.1, -0.05) is 12.2 Å². The van der Waals surface area contributed by atoms with Gasteiger partial charge in [-0.05, 0) is 13.8 Å². The second kappa shape index (κ2) is 5.58. The average molecular weight is 260 g/mol. The fourth-order valence-electron chi connectivity index (χ4n) is 1.08. The molecule has 0 heterocycles. The van der Waals surface area contributed by atoms with E-state index in [9.17, 15) is 14.4 Å². The van der Waals surface area contributed by atoms with E-state index in [1.54, 1.807) is 0 Å². The first-order chi connectivity index (χ1) is 7.59. The Morgan fingerprint density at radius 1 is 1.06 bits per heavy atom. The van der Waals surface area contributed by atoms with Crippen molar-refractivity contribution in [3.63, 3.8) is 0 Å². The quantitative estimate of drug-likeness (QED) is 0.480. The minimum atomic E-state index is -1.17. The molecule has 0 aliphatic rings. The molecule has 0 aromatic heterocycles. The van der Waals surface area contributed by atoms with E-state index in [0.29, 0.717) is 0 Å². The lowest BCUT2D eigenvalue weighted by Crippen LogP contribution is -2.51.